The smallest absolute Gasteiger partial charge is 0.270 e. The standard InChI is InChI=1S/C19H22N4O2/c1-25-9-5-8-21-15-12-17-16(11-14(15)20)23-19(24)18(22-17)10-13-6-3-2-4-7-13/h2-4,6-7,11-12,21H,5,8-10,20H2,1H3,(H,23,24). The highest BCUT2D eigenvalue weighted by Gasteiger charge is 2.09. The lowest BCUT2D eigenvalue weighted by molar-refractivity contribution is 0.198. The maximum atomic E-state index is 12.3. The molecule has 6 heteroatoms. The lowest BCUT2D eigenvalue weighted by Gasteiger charge is -2.11. The van der Waals surface area contributed by atoms with Gasteiger partial charge in [-0.25, -0.2) is 4.98 Å². The van der Waals surface area contributed by atoms with Crippen molar-refractivity contribution >= 4 is 22.4 Å². The minimum absolute atomic E-state index is 0.184. The van der Waals surface area contributed by atoms with Gasteiger partial charge in [0.05, 0.1) is 22.4 Å². The normalized spacial score (nSPS) is 10.9. The number of hydrogen-bond acceptors (Lipinski definition) is 5. The molecule has 4 N–H and O–H groups in total. The van der Waals surface area contributed by atoms with Gasteiger partial charge in [-0.1, -0.05) is 30.3 Å². The molecule has 0 atom stereocenters. The van der Waals surface area contributed by atoms with Crippen LogP contribution in [0.3, 0.4) is 0 Å². The summed E-state index contributed by atoms with van der Waals surface area (Å²) in [5.41, 5.74) is 10.2. The van der Waals surface area contributed by atoms with Crippen LogP contribution in [0.15, 0.2) is 47.3 Å². The Bertz CT molecular complexity index is 906. The summed E-state index contributed by atoms with van der Waals surface area (Å²) < 4.78 is 5.04. The van der Waals surface area contributed by atoms with Crippen LogP contribution >= 0.6 is 0 Å². The molecule has 0 saturated carbocycles. The highest BCUT2D eigenvalue weighted by atomic mass is 16.5. The summed E-state index contributed by atoms with van der Waals surface area (Å²) in [7, 11) is 1.68. The van der Waals surface area contributed by atoms with Gasteiger partial charge in [0.25, 0.3) is 5.56 Å². The minimum atomic E-state index is -0.184. The SMILES string of the molecule is COCCCNc1cc2nc(Cc3ccccc3)c(=O)[nH]c2cc1N. The topological polar surface area (TPSA) is 93.0 Å². The van der Waals surface area contributed by atoms with E-state index in [0.717, 1.165) is 24.2 Å². The van der Waals surface area contributed by atoms with E-state index in [1.165, 1.54) is 0 Å². The van der Waals surface area contributed by atoms with Crippen molar-refractivity contribution in [3.63, 3.8) is 0 Å². The Morgan fingerprint density at radius 2 is 2.04 bits per heavy atom. The summed E-state index contributed by atoms with van der Waals surface area (Å²) in [6.45, 7) is 1.44. The van der Waals surface area contributed by atoms with Gasteiger partial charge in [0, 0.05) is 26.7 Å². The van der Waals surface area contributed by atoms with Crippen molar-refractivity contribution in [2.45, 2.75) is 12.8 Å². The molecular weight excluding hydrogens is 316 g/mol. The number of ether oxygens (including phenoxy) is 1. The van der Waals surface area contributed by atoms with E-state index in [0.29, 0.717) is 35.4 Å². The third kappa shape index (κ3) is 4.16. The van der Waals surface area contributed by atoms with Crippen molar-refractivity contribution in [3.8, 4) is 0 Å². The highest BCUT2D eigenvalue weighted by Crippen LogP contribution is 2.23. The second-order valence-corrected chi connectivity index (χ2v) is 5.90. The Labute approximate surface area is 146 Å². The molecule has 0 aliphatic rings. The largest absolute Gasteiger partial charge is 0.397 e. The molecule has 3 aromatic rings. The summed E-state index contributed by atoms with van der Waals surface area (Å²) in [4.78, 5) is 19.7. The van der Waals surface area contributed by atoms with Crippen LogP contribution in [0, 0.1) is 0 Å². The zero-order valence-corrected chi connectivity index (χ0v) is 14.2. The summed E-state index contributed by atoms with van der Waals surface area (Å²) >= 11 is 0. The van der Waals surface area contributed by atoms with Gasteiger partial charge in [-0.3, -0.25) is 4.79 Å². The molecule has 0 amide bonds. The van der Waals surface area contributed by atoms with E-state index in [9.17, 15) is 4.79 Å². The fourth-order valence-electron chi connectivity index (χ4n) is 2.69. The van der Waals surface area contributed by atoms with Gasteiger partial charge in [-0.05, 0) is 24.1 Å². The molecular formula is C19H22N4O2. The lowest BCUT2D eigenvalue weighted by atomic mass is 10.1. The van der Waals surface area contributed by atoms with Gasteiger partial charge < -0.3 is 20.8 Å². The van der Waals surface area contributed by atoms with Gasteiger partial charge in [0.1, 0.15) is 5.69 Å². The molecule has 0 aliphatic carbocycles. The second-order valence-electron chi connectivity index (χ2n) is 5.90. The molecule has 0 fully saturated rings. The first-order valence-corrected chi connectivity index (χ1v) is 8.26. The number of anilines is 2. The zero-order valence-electron chi connectivity index (χ0n) is 14.2. The number of nitrogens with zero attached hydrogens (tertiary/aromatic N) is 1. The molecule has 1 aromatic heterocycles. The Hall–Kier alpha value is -2.86. The van der Waals surface area contributed by atoms with E-state index in [1.807, 2.05) is 36.4 Å². The van der Waals surface area contributed by atoms with Gasteiger partial charge in [-0.2, -0.15) is 0 Å². The van der Waals surface area contributed by atoms with E-state index in [4.69, 9.17) is 10.5 Å². The molecule has 0 spiro atoms. The number of nitrogen functional groups attached to an aromatic ring is 1. The van der Waals surface area contributed by atoms with Crippen LogP contribution < -0.4 is 16.6 Å². The van der Waals surface area contributed by atoms with Crippen LogP contribution in [0.5, 0.6) is 0 Å². The molecule has 1 heterocycles. The average Bonchev–Trinajstić information content (AvgIpc) is 2.61. The number of aromatic nitrogens is 2. The first kappa shape index (κ1) is 17.0. The van der Waals surface area contributed by atoms with Crippen LogP contribution in [0.25, 0.3) is 11.0 Å². The molecule has 2 aromatic carbocycles. The van der Waals surface area contributed by atoms with Crippen LogP contribution in [0.1, 0.15) is 17.7 Å². The Morgan fingerprint density at radius 3 is 2.80 bits per heavy atom. The monoisotopic (exact) mass is 338 g/mol. The third-order valence-corrected chi connectivity index (χ3v) is 3.99. The first-order chi connectivity index (χ1) is 12.2. The fourth-order valence-corrected chi connectivity index (χ4v) is 2.69. The summed E-state index contributed by atoms with van der Waals surface area (Å²) in [6, 6.07) is 13.4. The Morgan fingerprint density at radius 1 is 1.24 bits per heavy atom. The van der Waals surface area contributed by atoms with Gasteiger partial charge >= 0.3 is 0 Å². The summed E-state index contributed by atoms with van der Waals surface area (Å²) in [5, 5.41) is 3.29. The molecule has 0 saturated heterocycles. The molecule has 0 radical (unpaired) electrons. The Kier molecular flexibility index (Phi) is 5.30. The minimum Gasteiger partial charge on any atom is -0.397 e. The molecule has 0 unspecified atom stereocenters. The third-order valence-electron chi connectivity index (χ3n) is 3.99. The van der Waals surface area contributed by atoms with Gasteiger partial charge in [0.2, 0.25) is 0 Å². The number of hydrogen-bond donors (Lipinski definition) is 3. The number of benzene rings is 2. The molecule has 0 bridgehead atoms. The Balaban J connectivity index is 1.89. The number of nitrogens with two attached hydrogens (primary N) is 1. The van der Waals surface area contributed by atoms with Gasteiger partial charge in [-0.15, -0.1) is 0 Å². The van der Waals surface area contributed by atoms with E-state index in [-0.39, 0.29) is 5.56 Å². The second kappa shape index (κ2) is 7.81. The number of aromatic amines is 1. The van der Waals surface area contributed by atoms with Crippen LogP contribution in [0.4, 0.5) is 11.4 Å². The van der Waals surface area contributed by atoms with E-state index in [1.54, 1.807) is 13.2 Å². The maximum Gasteiger partial charge on any atom is 0.270 e. The number of nitrogens with one attached hydrogen (secondary N) is 2. The predicted octanol–water partition coefficient (Wildman–Crippen LogP) is 2.54. The molecule has 6 nitrogen and oxygen atoms in total. The van der Waals surface area contributed by atoms with Crippen molar-refractivity contribution < 1.29 is 4.74 Å². The maximum absolute atomic E-state index is 12.3. The van der Waals surface area contributed by atoms with Crippen molar-refractivity contribution in [3.05, 3.63) is 64.1 Å². The number of rotatable bonds is 7. The summed E-state index contributed by atoms with van der Waals surface area (Å²) in [5.74, 6) is 0. The number of H-pyrrole nitrogens is 1. The van der Waals surface area contributed by atoms with E-state index >= 15 is 0 Å². The van der Waals surface area contributed by atoms with E-state index < -0.39 is 0 Å². The number of methoxy groups -OCH3 is 1. The predicted molar refractivity (Wildman–Crippen MR) is 101 cm³/mol. The van der Waals surface area contributed by atoms with Crippen molar-refractivity contribution in [2.75, 3.05) is 31.3 Å². The fraction of sp³-hybridized carbons (Fsp3) is 0.263. The van der Waals surface area contributed by atoms with Crippen molar-refractivity contribution in [1.82, 2.24) is 9.97 Å². The zero-order chi connectivity index (χ0) is 17.6. The van der Waals surface area contributed by atoms with Crippen LogP contribution in [0.2, 0.25) is 0 Å². The molecule has 0 aliphatic heterocycles. The van der Waals surface area contributed by atoms with Gasteiger partial charge in [0.15, 0.2) is 0 Å². The quantitative estimate of drug-likeness (QED) is 0.455. The molecule has 3 rings (SSSR count). The highest BCUT2D eigenvalue weighted by molar-refractivity contribution is 5.86. The number of fused-ring (bicyclic) bond motifs is 1. The first-order valence-electron chi connectivity index (χ1n) is 8.26. The molecule has 25 heavy (non-hydrogen) atoms. The van der Waals surface area contributed by atoms with Crippen molar-refractivity contribution in [2.24, 2.45) is 0 Å². The van der Waals surface area contributed by atoms with Crippen LogP contribution in [-0.2, 0) is 11.2 Å². The lowest BCUT2D eigenvalue weighted by Crippen LogP contribution is -2.16. The van der Waals surface area contributed by atoms with E-state index in [2.05, 4.69) is 15.3 Å². The van der Waals surface area contributed by atoms with Crippen LogP contribution in [-0.4, -0.2) is 30.2 Å². The summed E-state index contributed by atoms with van der Waals surface area (Å²) in [6.07, 6.45) is 1.37. The van der Waals surface area contributed by atoms with Crippen molar-refractivity contribution in [1.29, 1.82) is 0 Å². The average molecular weight is 338 g/mol. The molecule has 130 valence electrons.